The third-order valence-corrected chi connectivity index (χ3v) is 2.82. The number of nitrogens with one attached hydrogen (secondary N) is 1. The van der Waals surface area contributed by atoms with Gasteiger partial charge in [-0.15, -0.1) is 0 Å². The van der Waals surface area contributed by atoms with Gasteiger partial charge in [0.05, 0.1) is 0 Å². The van der Waals surface area contributed by atoms with Gasteiger partial charge < -0.3 is 5.23 Å². The van der Waals surface area contributed by atoms with Crippen LogP contribution in [0.3, 0.4) is 0 Å². The summed E-state index contributed by atoms with van der Waals surface area (Å²) in [5, 5.41) is 3.53. The highest BCUT2D eigenvalue weighted by Crippen LogP contribution is 2.13. The highest BCUT2D eigenvalue weighted by atomic mass is 14.8. The Labute approximate surface area is 97.6 Å². The highest BCUT2D eigenvalue weighted by Gasteiger charge is 2.10. The van der Waals surface area contributed by atoms with Gasteiger partial charge in [-0.1, -0.05) is 60.8 Å². The van der Waals surface area contributed by atoms with E-state index in [0.717, 1.165) is 0 Å². The number of para-hydroxylation sites is 1. The van der Waals surface area contributed by atoms with Crippen LogP contribution in [0.25, 0.3) is 0 Å². The summed E-state index contributed by atoms with van der Waals surface area (Å²) in [5.41, 5.74) is 3.80. The van der Waals surface area contributed by atoms with Crippen LogP contribution in [0.2, 0.25) is 6.82 Å². The molecule has 0 aliphatic heterocycles. The second kappa shape index (κ2) is 4.89. The van der Waals surface area contributed by atoms with Crippen LogP contribution in [0.15, 0.2) is 54.6 Å². The summed E-state index contributed by atoms with van der Waals surface area (Å²) in [6.07, 6.45) is 0. The second-order valence-corrected chi connectivity index (χ2v) is 4.09. The van der Waals surface area contributed by atoms with E-state index in [9.17, 15) is 0 Å². The maximum atomic E-state index is 3.53. The van der Waals surface area contributed by atoms with Crippen molar-refractivity contribution < 1.29 is 0 Å². The zero-order valence-electron chi connectivity index (χ0n) is 9.77. The summed E-state index contributed by atoms with van der Waals surface area (Å²) in [6, 6.07) is 18.9. The van der Waals surface area contributed by atoms with Crippen LogP contribution < -0.4 is 10.7 Å². The van der Waals surface area contributed by atoms with Crippen molar-refractivity contribution in [3.63, 3.8) is 0 Å². The minimum Gasteiger partial charge on any atom is -0.424 e. The first-order valence-electron chi connectivity index (χ1n) is 5.64. The van der Waals surface area contributed by atoms with Crippen molar-refractivity contribution >= 4 is 18.0 Å². The Kier molecular flexibility index (Phi) is 3.30. The van der Waals surface area contributed by atoms with E-state index in [1.165, 1.54) is 16.7 Å². The van der Waals surface area contributed by atoms with Gasteiger partial charge in [-0.25, -0.2) is 0 Å². The molecule has 0 heterocycles. The predicted molar refractivity (Wildman–Crippen MR) is 72.5 cm³/mol. The number of rotatable bonds is 3. The molecule has 2 aromatic carbocycles. The molecule has 0 aliphatic carbocycles. The van der Waals surface area contributed by atoms with Crippen LogP contribution in [0.1, 0.15) is 5.56 Å². The minimum absolute atomic E-state index is 0.335. The summed E-state index contributed by atoms with van der Waals surface area (Å²) >= 11 is 0. The molecule has 0 fully saturated rings. The second-order valence-electron chi connectivity index (χ2n) is 4.09. The lowest BCUT2D eigenvalue weighted by atomic mass is 9.58. The van der Waals surface area contributed by atoms with E-state index in [1.807, 2.05) is 6.07 Å². The molecule has 80 valence electrons. The molecule has 0 unspecified atom stereocenters. The van der Waals surface area contributed by atoms with E-state index in [1.54, 1.807) is 0 Å². The molecule has 1 N–H and O–H groups in total. The Hall–Kier alpha value is -1.70. The van der Waals surface area contributed by atoms with Crippen molar-refractivity contribution in [2.75, 3.05) is 5.23 Å². The van der Waals surface area contributed by atoms with Crippen LogP contribution in [0.5, 0.6) is 0 Å². The van der Waals surface area contributed by atoms with Crippen LogP contribution in [0.4, 0.5) is 5.69 Å². The molecule has 0 aromatic heterocycles. The number of aryl methyl sites for hydroxylation is 1. The molecule has 2 heteroatoms. The molecule has 0 atom stereocenters. The number of anilines is 1. The van der Waals surface area contributed by atoms with E-state index in [4.69, 9.17) is 0 Å². The lowest BCUT2D eigenvalue weighted by molar-refractivity contribution is 1.46. The minimum atomic E-state index is 0.335. The van der Waals surface area contributed by atoms with Gasteiger partial charge in [0.1, 0.15) is 0 Å². The van der Waals surface area contributed by atoms with Gasteiger partial charge in [0, 0.05) is 5.69 Å². The van der Waals surface area contributed by atoms with Crippen molar-refractivity contribution in [2.45, 2.75) is 13.7 Å². The summed E-state index contributed by atoms with van der Waals surface area (Å²) < 4.78 is 0. The van der Waals surface area contributed by atoms with E-state index in [2.05, 4.69) is 67.5 Å². The molecular weight excluding hydrogens is 193 g/mol. The molecule has 0 saturated heterocycles. The molecule has 0 saturated carbocycles. The predicted octanol–water partition coefficient (Wildman–Crippen LogP) is 2.94. The van der Waals surface area contributed by atoms with Crippen LogP contribution >= 0.6 is 0 Å². The molecule has 0 bridgehead atoms. The summed E-state index contributed by atoms with van der Waals surface area (Å²) in [4.78, 5) is 0. The van der Waals surface area contributed by atoms with E-state index in [-0.39, 0.29) is 0 Å². The maximum Gasteiger partial charge on any atom is 0.282 e. The average Bonchev–Trinajstić information content (AvgIpc) is 2.33. The van der Waals surface area contributed by atoms with Crippen LogP contribution in [-0.2, 0) is 0 Å². The summed E-state index contributed by atoms with van der Waals surface area (Å²) in [5.74, 6) is 0. The number of hydrogen-bond acceptors (Lipinski definition) is 1. The highest BCUT2D eigenvalue weighted by molar-refractivity contribution is 6.74. The summed E-state index contributed by atoms with van der Waals surface area (Å²) in [6.45, 7) is 4.64. The van der Waals surface area contributed by atoms with Crippen molar-refractivity contribution in [1.82, 2.24) is 0 Å². The number of benzene rings is 2. The Morgan fingerprint density at radius 3 is 2.19 bits per heavy atom. The molecule has 1 nitrogen and oxygen atoms in total. The van der Waals surface area contributed by atoms with Gasteiger partial charge in [0.25, 0.3) is 6.85 Å². The SMILES string of the molecule is CB(Nc1ccccc1C)c1ccccc1. The zero-order chi connectivity index (χ0) is 11.4. The quantitative estimate of drug-likeness (QED) is 0.766. The third kappa shape index (κ3) is 2.46. The fourth-order valence-electron chi connectivity index (χ4n) is 1.79. The van der Waals surface area contributed by atoms with E-state index < -0.39 is 0 Å². The smallest absolute Gasteiger partial charge is 0.282 e. The Bertz CT molecular complexity index is 453. The first-order valence-corrected chi connectivity index (χ1v) is 5.64. The van der Waals surface area contributed by atoms with Gasteiger partial charge in [0.2, 0.25) is 0 Å². The largest absolute Gasteiger partial charge is 0.424 e. The van der Waals surface area contributed by atoms with Crippen molar-refractivity contribution in [2.24, 2.45) is 0 Å². The lowest BCUT2D eigenvalue weighted by Crippen LogP contribution is -2.35. The first-order chi connectivity index (χ1) is 7.77. The fraction of sp³-hybridized carbons (Fsp3) is 0.143. The molecule has 0 amide bonds. The Morgan fingerprint density at radius 2 is 1.50 bits per heavy atom. The molecule has 0 radical (unpaired) electrons. The Morgan fingerprint density at radius 1 is 0.875 bits per heavy atom. The van der Waals surface area contributed by atoms with Crippen molar-refractivity contribution in [3.8, 4) is 0 Å². The monoisotopic (exact) mass is 209 g/mol. The maximum absolute atomic E-state index is 3.53. The molecule has 2 aromatic rings. The average molecular weight is 209 g/mol. The molecule has 0 spiro atoms. The Balaban J connectivity index is 2.14. The zero-order valence-corrected chi connectivity index (χ0v) is 9.77. The first kappa shape index (κ1) is 10.8. The standard InChI is InChI=1S/C14H16BN/c1-12-8-6-7-11-14(12)16-15(2)13-9-4-3-5-10-13/h3-11,16H,1-2H3. The number of hydrogen-bond donors (Lipinski definition) is 1. The van der Waals surface area contributed by atoms with Gasteiger partial charge in [-0.2, -0.15) is 0 Å². The molecular formula is C14H16BN. The van der Waals surface area contributed by atoms with Gasteiger partial charge in [-0.05, 0) is 18.6 Å². The third-order valence-electron chi connectivity index (χ3n) is 2.82. The van der Waals surface area contributed by atoms with Gasteiger partial charge >= 0.3 is 0 Å². The molecule has 2 rings (SSSR count). The topological polar surface area (TPSA) is 12.0 Å². The van der Waals surface area contributed by atoms with E-state index >= 15 is 0 Å². The van der Waals surface area contributed by atoms with Crippen LogP contribution in [0, 0.1) is 6.92 Å². The lowest BCUT2D eigenvalue weighted by Gasteiger charge is -2.14. The van der Waals surface area contributed by atoms with Gasteiger partial charge in [0.15, 0.2) is 0 Å². The van der Waals surface area contributed by atoms with Gasteiger partial charge in [-0.3, -0.25) is 0 Å². The molecule has 0 aliphatic rings. The fourth-order valence-corrected chi connectivity index (χ4v) is 1.79. The van der Waals surface area contributed by atoms with E-state index in [0.29, 0.717) is 6.85 Å². The van der Waals surface area contributed by atoms with Crippen molar-refractivity contribution in [1.29, 1.82) is 0 Å². The normalized spacial score (nSPS) is 9.88. The molecule has 16 heavy (non-hydrogen) atoms. The summed E-state index contributed by atoms with van der Waals surface area (Å²) in [7, 11) is 0. The van der Waals surface area contributed by atoms with Crippen molar-refractivity contribution in [3.05, 3.63) is 60.2 Å². The van der Waals surface area contributed by atoms with Crippen LogP contribution in [-0.4, -0.2) is 6.85 Å².